The van der Waals surface area contributed by atoms with Crippen LogP contribution >= 0.6 is 0 Å². The Bertz CT molecular complexity index is 670. The van der Waals surface area contributed by atoms with Gasteiger partial charge in [-0.3, -0.25) is 4.79 Å². The molecule has 0 saturated heterocycles. The first-order chi connectivity index (χ1) is 9.70. The number of hydrogen-bond donors (Lipinski definition) is 2. The molecule has 0 spiro atoms. The number of hydrogen-bond acceptors (Lipinski definition) is 4. The molecule has 21 heavy (non-hydrogen) atoms. The van der Waals surface area contributed by atoms with Gasteiger partial charge in [-0.2, -0.15) is 18.4 Å². The summed E-state index contributed by atoms with van der Waals surface area (Å²) in [5, 5.41) is 6.38. The maximum absolute atomic E-state index is 12.0. The van der Waals surface area contributed by atoms with E-state index < -0.39 is 10.0 Å². The van der Waals surface area contributed by atoms with Gasteiger partial charge in [0.1, 0.15) is 0 Å². The van der Waals surface area contributed by atoms with Gasteiger partial charge in [0, 0.05) is 12.6 Å². The fourth-order valence-corrected chi connectivity index (χ4v) is 2.42. The molecule has 0 aromatic heterocycles. The molecule has 114 valence electrons. The van der Waals surface area contributed by atoms with Crippen molar-refractivity contribution in [3.05, 3.63) is 35.9 Å². The van der Waals surface area contributed by atoms with E-state index in [1.807, 2.05) is 13.8 Å². The normalized spacial score (nSPS) is 11.7. The van der Waals surface area contributed by atoms with Gasteiger partial charge in [-0.25, -0.2) is 0 Å². The summed E-state index contributed by atoms with van der Waals surface area (Å²) in [6.45, 7) is 6.88. The fraction of sp³-hybridized carbons (Fsp3) is 0.286. The van der Waals surface area contributed by atoms with Crippen LogP contribution in [0.4, 0.5) is 5.69 Å². The average molecular weight is 309 g/mol. The highest BCUT2D eigenvalue weighted by Crippen LogP contribution is 2.13. The van der Waals surface area contributed by atoms with Gasteiger partial charge in [0.2, 0.25) is 5.91 Å². The Hall–Kier alpha value is -2.15. The van der Waals surface area contributed by atoms with E-state index in [1.54, 1.807) is 13.0 Å². The first-order valence-corrected chi connectivity index (χ1v) is 7.77. The third-order valence-electron chi connectivity index (χ3n) is 2.32. The van der Waals surface area contributed by atoms with E-state index in [0.29, 0.717) is 11.4 Å². The van der Waals surface area contributed by atoms with E-state index in [0.717, 1.165) is 5.57 Å². The van der Waals surface area contributed by atoms with Gasteiger partial charge in [0.15, 0.2) is 0 Å². The zero-order valence-corrected chi connectivity index (χ0v) is 13.3. The lowest BCUT2D eigenvalue weighted by atomic mass is 10.3. The van der Waals surface area contributed by atoms with Crippen LogP contribution in [-0.4, -0.2) is 20.0 Å². The summed E-state index contributed by atoms with van der Waals surface area (Å²) in [4.78, 5) is 13.1. The van der Waals surface area contributed by atoms with Crippen molar-refractivity contribution in [3.63, 3.8) is 0 Å². The van der Waals surface area contributed by atoms with Gasteiger partial charge in [0.25, 0.3) is 10.0 Å². The lowest BCUT2D eigenvalue weighted by Gasteiger charge is -2.06. The molecule has 0 fully saturated rings. The minimum atomic E-state index is -3.72. The molecule has 0 unspecified atom stereocenters. The zero-order chi connectivity index (χ0) is 16.0. The van der Waals surface area contributed by atoms with Crippen molar-refractivity contribution >= 4 is 27.3 Å². The third-order valence-corrected chi connectivity index (χ3v) is 3.55. The summed E-state index contributed by atoms with van der Waals surface area (Å²) in [7, 11) is -3.72. The van der Waals surface area contributed by atoms with Crippen molar-refractivity contribution in [1.82, 2.24) is 4.83 Å². The van der Waals surface area contributed by atoms with Gasteiger partial charge >= 0.3 is 0 Å². The molecule has 0 heterocycles. The van der Waals surface area contributed by atoms with E-state index in [9.17, 15) is 13.2 Å². The van der Waals surface area contributed by atoms with Crippen LogP contribution in [0.3, 0.4) is 0 Å². The van der Waals surface area contributed by atoms with E-state index in [4.69, 9.17) is 0 Å². The molecule has 0 aliphatic heterocycles. The van der Waals surface area contributed by atoms with Gasteiger partial charge < -0.3 is 5.32 Å². The van der Waals surface area contributed by atoms with Crippen LogP contribution in [0.5, 0.6) is 0 Å². The highest BCUT2D eigenvalue weighted by atomic mass is 32.2. The van der Waals surface area contributed by atoms with Gasteiger partial charge in [0.05, 0.1) is 10.6 Å². The van der Waals surface area contributed by atoms with Crippen molar-refractivity contribution in [1.29, 1.82) is 0 Å². The molecule has 1 rings (SSSR count). The minimum absolute atomic E-state index is 0.0744. The highest BCUT2D eigenvalue weighted by molar-refractivity contribution is 7.89. The summed E-state index contributed by atoms with van der Waals surface area (Å²) in [6, 6.07) is 5.84. The van der Waals surface area contributed by atoms with Gasteiger partial charge in [-0.05, 0) is 51.1 Å². The molecule has 1 aromatic rings. The van der Waals surface area contributed by atoms with Crippen molar-refractivity contribution in [3.8, 4) is 0 Å². The second-order valence-electron chi connectivity index (χ2n) is 4.78. The summed E-state index contributed by atoms with van der Waals surface area (Å²) < 4.78 is 24.1. The molecule has 6 nitrogen and oxygen atoms in total. The molecule has 1 aromatic carbocycles. The second kappa shape index (κ2) is 7.03. The van der Waals surface area contributed by atoms with Crippen LogP contribution in [-0.2, 0) is 14.8 Å². The van der Waals surface area contributed by atoms with Crippen LogP contribution < -0.4 is 10.1 Å². The van der Waals surface area contributed by atoms with E-state index in [1.165, 1.54) is 31.2 Å². The Labute approximate surface area is 125 Å². The predicted octanol–water partition coefficient (Wildman–Crippen LogP) is 2.27. The Morgan fingerprint density at radius 2 is 1.67 bits per heavy atom. The number of sulfonamides is 1. The molecule has 0 bridgehead atoms. The van der Waals surface area contributed by atoms with Crippen molar-refractivity contribution in [2.45, 2.75) is 32.6 Å². The smallest absolute Gasteiger partial charge is 0.276 e. The van der Waals surface area contributed by atoms with Gasteiger partial charge in [-0.15, -0.1) is 0 Å². The average Bonchev–Trinajstić information content (AvgIpc) is 2.36. The Morgan fingerprint density at radius 1 is 1.10 bits per heavy atom. The lowest BCUT2D eigenvalue weighted by molar-refractivity contribution is -0.114. The molecule has 2 N–H and O–H groups in total. The monoisotopic (exact) mass is 309 g/mol. The third kappa shape index (κ3) is 5.78. The molecule has 0 saturated carbocycles. The summed E-state index contributed by atoms with van der Waals surface area (Å²) in [5.74, 6) is -0.217. The molecule has 0 atom stereocenters. The van der Waals surface area contributed by atoms with Crippen molar-refractivity contribution in [2.24, 2.45) is 5.10 Å². The molecule has 7 heteroatoms. The number of nitrogens with zero attached hydrogens (tertiary/aromatic N) is 1. The largest absolute Gasteiger partial charge is 0.326 e. The highest BCUT2D eigenvalue weighted by Gasteiger charge is 2.12. The van der Waals surface area contributed by atoms with Crippen LogP contribution in [0.15, 0.2) is 45.9 Å². The maximum atomic E-state index is 12.0. The first-order valence-electron chi connectivity index (χ1n) is 6.29. The number of carbonyl (C=O) groups is 1. The molecular formula is C14H19N3O3S. The lowest BCUT2D eigenvalue weighted by Crippen LogP contribution is -2.19. The standard InChI is InChI=1S/C14H19N3O3S/c1-10(2)9-11(3)16-17-21(19,20)14-7-5-13(6-8-14)15-12(4)18/h5-9,17H,1-4H3,(H,15,18)/b16-11+. The summed E-state index contributed by atoms with van der Waals surface area (Å²) in [5.41, 5.74) is 2.12. The molecule has 0 radical (unpaired) electrons. The van der Waals surface area contributed by atoms with Crippen LogP contribution in [0.1, 0.15) is 27.7 Å². The number of hydrazone groups is 1. The fourth-order valence-electron chi connectivity index (χ4n) is 1.56. The van der Waals surface area contributed by atoms with Crippen molar-refractivity contribution < 1.29 is 13.2 Å². The number of anilines is 1. The van der Waals surface area contributed by atoms with Crippen LogP contribution in [0.25, 0.3) is 0 Å². The van der Waals surface area contributed by atoms with E-state index >= 15 is 0 Å². The van der Waals surface area contributed by atoms with Crippen LogP contribution in [0.2, 0.25) is 0 Å². The Morgan fingerprint density at radius 3 is 2.14 bits per heavy atom. The number of allylic oxidation sites excluding steroid dienone is 2. The molecule has 0 aliphatic carbocycles. The van der Waals surface area contributed by atoms with Crippen molar-refractivity contribution in [2.75, 3.05) is 5.32 Å². The first kappa shape index (κ1) is 16.9. The number of rotatable bonds is 5. The zero-order valence-electron chi connectivity index (χ0n) is 12.5. The molecule has 1 amide bonds. The number of carbonyl (C=O) groups excluding carboxylic acids is 1. The summed E-state index contributed by atoms with van der Waals surface area (Å²) in [6.07, 6.45) is 1.77. The second-order valence-corrected chi connectivity index (χ2v) is 6.44. The topological polar surface area (TPSA) is 87.6 Å². The Balaban J connectivity index is 2.88. The summed E-state index contributed by atoms with van der Waals surface area (Å²) >= 11 is 0. The van der Waals surface area contributed by atoms with E-state index in [2.05, 4.69) is 15.2 Å². The number of nitrogens with one attached hydrogen (secondary N) is 2. The maximum Gasteiger partial charge on any atom is 0.276 e. The number of benzene rings is 1. The Kier molecular flexibility index (Phi) is 5.66. The van der Waals surface area contributed by atoms with Crippen LogP contribution in [0, 0.1) is 0 Å². The molecule has 0 aliphatic rings. The minimum Gasteiger partial charge on any atom is -0.326 e. The van der Waals surface area contributed by atoms with E-state index in [-0.39, 0.29) is 10.8 Å². The quantitative estimate of drug-likeness (QED) is 0.646. The van der Waals surface area contributed by atoms with Gasteiger partial charge in [-0.1, -0.05) is 5.57 Å². The predicted molar refractivity (Wildman–Crippen MR) is 83.6 cm³/mol. The number of amides is 1. The molecular weight excluding hydrogens is 290 g/mol. The SMILES string of the molecule is CC(=O)Nc1ccc(S(=O)(=O)N/N=C(\C)C=C(C)C)cc1.